The van der Waals surface area contributed by atoms with Crippen molar-refractivity contribution in [3.8, 4) is 0 Å². The van der Waals surface area contributed by atoms with Crippen molar-refractivity contribution in [2.45, 2.75) is 52.0 Å². The Bertz CT molecular complexity index is 636. The first-order chi connectivity index (χ1) is 12.4. The van der Waals surface area contributed by atoms with Crippen molar-refractivity contribution >= 4 is 11.9 Å². The molecule has 0 radical (unpaired) electrons. The van der Waals surface area contributed by atoms with Crippen LogP contribution in [0.3, 0.4) is 0 Å². The first-order valence-electron chi connectivity index (χ1n) is 9.83. The summed E-state index contributed by atoms with van der Waals surface area (Å²) in [5.41, 5.74) is 1.24. The number of benzene rings is 1. The zero-order valence-electron chi connectivity index (χ0n) is 16.2. The Morgan fingerprint density at radius 2 is 1.88 bits per heavy atom. The quantitative estimate of drug-likeness (QED) is 0.903. The van der Waals surface area contributed by atoms with Gasteiger partial charge >= 0.3 is 6.03 Å². The third-order valence-corrected chi connectivity index (χ3v) is 5.88. The molecule has 1 atom stereocenters. The first kappa shape index (κ1) is 18.7. The maximum atomic E-state index is 12.9. The number of nitrogens with one attached hydrogen (secondary N) is 1. The maximum Gasteiger partial charge on any atom is 0.317 e. The Hall–Kier alpha value is -2.04. The lowest BCUT2D eigenvalue weighted by atomic mass is 9.67. The van der Waals surface area contributed by atoms with Crippen molar-refractivity contribution in [2.24, 2.45) is 5.41 Å². The number of likely N-dealkylation sites (N-methyl/N-ethyl adjacent to an activating group) is 1. The Kier molecular flexibility index (Phi) is 5.54. The molecule has 1 N–H and O–H groups in total. The zero-order valence-corrected chi connectivity index (χ0v) is 16.2. The van der Waals surface area contributed by atoms with E-state index in [2.05, 4.69) is 24.4 Å². The van der Waals surface area contributed by atoms with Gasteiger partial charge in [-0.1, -0.05) is 30.3 Å². The lowest BCUT2D eigenvalue weighted by Gasteiger charge is -2.49. The van der Waals surface area contributed by atoms with Gasteiger partial charge in [-0.05, 0) is 51.0 Å². The summed E-state index contributed by atoms with van der Waals surface area (Å²) in [6, 6.07) is 10.4. The molecular formula is C21H31N3O2. The third-order valence-electron chi connectivity index (χ3n) is 5.88. The Morgan fingerprint density at radius 3 is 2.46 bits per heavy atom. The van der Waals surface area contributed by atoms with Gasteiger partial charge in [-0.15, -0.1) is 0 Å². The summed E-state index contributed by atoms with van der Waals surface area (Å²) in [5.74, 6) is 0.199. The summed E-state index contributed by atoms with van der Waals surface area (Å²) in [7, 11) is 0. The van der Waals surface area contributed by atoms with E-state index in [-0.39, 0.29) is 29.3 Å². The van der Waals surface area contributed by atoms with E-state index in [1.165, 1.54) is 0 Å². The highest BCUT2D eigenvalue weighted by Gasteiger charge is 2.46. The molecule has 1 aromatic rings. The second kappa shape index (κ2) is 7.68. The number of hydrogen-bond donors (Lipinski definition) is 1. The fourth-order valence-electron chi connectivity index (χ4n) is 4.39. The number of urea groups is 1. The molecule has 0 aliphatic carbocycles. The van der Waals surface area contributed by atoms with Gasteiger partial charge in [-0.3, -0.25) is 4.79 Å². The molecule has 2 saturated heterocycles. The van der Waals surface area contributed by atoms with Crippen molar-refractivity contribution in [3.05, 3.63) is 35.9 Å². The molecule has 5 nitrogen and oxygen atoms in total. The minimum Gasteiger partial charge on any atom is -0.342 e. The molecule has 1 spiro atoms. The van der Waals surface area contributed by atoms with Gasteiger partial charge in [-0.25, -0.2) is 4.79 Å². The number of nitrogens with zero attached hydrogens (tertiary/aromatic N) is 2. The summed E-state index contributed by atoms with van der Waals surface area (Å²) in [6.07, 6.45) is 2.82. The van der Waals surface area contributed by atoms with Crippen molar-refractivity contribution in [1.82, 2.24) is 15.1 Å². The monoisotopic (exact) mass is 357 g/mol. The highest BCUT2D eigenvalue weighted by molar-refractivity contribution is 5.84. The molecule has 26 heavy (non-hydrogen) atoms. The van der Waals surface area contributed by atoms with E-state index in [0.29, 0.717) is 0 Å². The van der Waals surface area contributed by atoms with Crippen molar-refractivity contribution in [2.75, 3.05) is 26.2 Å². The zero-order chi connectivity index (χ0) is 18.7. The Labute approximate surface area is 156 Å². The van der Waals surface area contributed by atoms with Gasteiger partial charge in [0.15, 0.2) is 0 Å². The molecule has 3 amide bonds. The summed E-state index contributed by atoms with van der Waals surface area (Å²) >= 11 is 0. The van der Waals surface area contributed by atoms with E-state index < -0.39 is 0 Å². The molecule has 142 valence electrons. The van der Waals surface area contributed by atoms with Crippen LogP contribution in [0.25, 0.3) is 0 Å². The van der Waals surface area contributed by atoms with Crippen LogP contribution >= 0.6 is 0 Å². The van der Waals surface area contributed by atoms with Crippen LogP contribution in [0, 0.1) is 5.41 Å². The number of likely N-dealkylation sites (tertiary alicyclic amines) is 2. The van der Waals surface area contributed by atoms with E-state index >= 15 is 0 Å². The highest BCUT2D eigenvalue weighted by Crippen LogP contribution is 2.45. The van der Waals surface area contributed by atoms with Crippen LogP contribution in [0.5, 0.6) is 0 Å². The van der Waals surface area contributed by atoms with E-state index in [1.807, 2.05) is 41.8 Å². The fourth-order valence-corrected chi connectivity index (χ4v) is 4.39. The topological polar surface area (TPSA) is 52.6 Å². The van der Waals surface area contributed by atoms with E-state index in [1.54, 1.807) is 0 Å². The third kappa shape index (κ3) is 3.87. The minimum absolute atomic E-state index is 0.0358. The summed E-state index contributed by atoms with van der Waals surface area (Å²) in [4.78, 5) is 29.2. The van der Waals surface area contributed by atoms with E-state index in [0.717, 1.165) is 51.0 Å². The SMILES string of the molecule is CCN1CC2(CCN(C(=O)NC(C)C)CC2)C[C@H](c2ccccc2)C1=O. The summed E-state index contributed by atoms with van der Waals surface area (Å²) < 4.78 is 0. The first-order valence-corrected chi connectivity index (χ1v) is 9.83. The van der Waals surface area contributed by atoms with Gasteiger partial charge in [-0.2, -0.15) is 0 Å². The average Bonchev–Trinajstić information content (AvgIpc) is 2.64. The largest absolute Gasteiger partial charge is 0.342 e. The molecule has 2 heterocycles. The number of carbonyl (C=O) groups excluding carboxylic acids is 2. The predicted octanol–water partition coefficient (Wildman–Crippen LogP) is 3.22. The van der Waals surface area contributed by atoms with E-state index in [9.17, 15) is 9.59 Å². The molecule has 2 fully saturated rings. The Balaban J connectivity index is 1.74. The maximum absolute atomic E-state index is 12.9. The number of carbonyl (C=O) groups is 2. The van der Waals surface area contributed by atoms with Crippen LogP contribution in [0.4, 0.5) is 4.79 Å². The lowest BCUT2D eigenvalue weighted by Crippen LogP contribution is -2.55. The van der Waals surface area contributed by atoms with Gasteiger partial charge in [0.25, 0.3) is 0 Å². The standard InChI is InChI=1S/C21H31N3O2/c1-4-23-15-21(10-12-24(13-11-21)20(26)22-16(2)3)14-18(19(23)25)17-8-6-5-7-9-17/h5-9,16,18H,4,10-15H2,1-3H3,(H,22,26)/t18-/m1/s1. The average molecular weight is 357 g/mol. The number of piperidine rings is 2. The van der Waals surface area contributed by atoms with Gasteiger partial charge < -0.3 is 15.1 Å². The number of rotatable bonds is 3. The second-order valence-corrected chi connectivity index (χ2v) is 8.11. The number of hydrogen-bond acceptors (Lipinski definition) is 2. The predicted molar refractivity (Wildman–Crippen MR) is 103 cm³/mol. The molecule has 2 aliphatic heterocycles. The number of amides is 3. The molecule has 0 unspecified atom stereocenters. The van der Waals surface area contributed by atoms with Crippen LogP contribution < -0.4 is 5.32 Å². The van der Waals surface area contributed by atoms with Crippen LogP contribution in [0.2, 0.25) is 0 Å². The normalized spacial score (nSPS) is 22.8. The molecule has 2 aliphatic rings. The van der Waals surface area contributed by atoms with Gasteiger partial charge in [0.2, 0.25) is 5.91 Å². The fraction of sp³-hybridized carbons (Fsp3) is 0.619. The molecule has 0 bridgehead atoms. The highest BCUT2D eigenvalue weighted by atomic mass is 16.2. The summed E-state index contributed by atoms with van der Waals surface area (Å²) in [5, 5.41) is 2.99. The summed E-state index contributed by atoms with van der Waals surface area (Å²) in [6.45, 7) is 9.15. The van der Waals surface area contributed by atoms with Gasteiger partial charge in [0.05, 0.1) is 5.92 Å². The second-order valence-electron chi connectivity index (χ2n) is 8.11. The van der Waals surface area contributed by atoms with Crippen molar-refractivity contribution in [3.63, 3.8) is 0 Å². The van der Waals surface area contributed by atoms with Gasteiger partial charge in [0.1, 0.15) is 0 Å². The molecule has 1 aromatic carbocycles. The van der Waals surface area contributed by atoms with Crippen LogP contribution in [-0.4, -0.2) is 54.0 Å². The molecule has 3 rings (SSSR count). The minimum atomic E-state index is -0.0547. The van der Waals surface area contributed by atoms with Crippen molar-refractivity contribution < 1.29 is 9.59 Å². The molecule has 5 heteroatoms. The lowest BCUT2D eigenvalue weighted by molar-refractivity contribution is -0.141. The van der Waals surface area contributed by atoms with E-state index in [4.69, 9.17) is 0 Å². The molecule has 0 aromatic heterocycles. The molecule has 0 saturated carbocycles. The van der Waals surface area contributed by atoms with Crippen LogP contribution in [0.1, 0.15) is 51.5 Å². The van der Waals surface area contributed by atoms with Crippen LogP contribution in [-0.2, 0) is 4.79 Å². The van der Waals surface area contributed by atoms with Crippen molar-refractivity contribution in [1.29, 1.82) is 0 Å². The Morgan fingerprint density at radius 1 is 1.23 bits per heavy atom. The van der Waals surface area contributed by atoms with Crippen LogP contribution in [0.15, 0.2) is 30.3 Å². The smallest absolute Gasteiger partial charge is 0.317 e. The molecular weight excluding hydrogens is 326 g/mol. The van der Waals surface area contributed by atoms with Gasteiger partial charge in [0, 0.05) is 32.2 Å².